The Kier molecular flexibility index (Phi) is 6.75. The van der Waals surface area contributed by atoms with Gasteiger partial charge in [-0.15, -0.1) is 0 Å². The molecule has 5 nitrogen and oxygen atoms in total. The fourth-order valence-electron chi connectivity index (χ4n) is 2.41. The van der Waals surface area contributed by atoms with Crippen molar-refractivity contribution in [2.24, 2.45) is 5.92 Å². The monoisotopic (exact) mass is 272 g/mol. The highest BCUT2D eigenvalue weighted by atomic mass is 16.5. The maximum atomic E-state index is 10.9. The van der Waals surface area contributed by atoms with E-state index in [0.29, 0.717) is 12.6 Å². The van der Waals surface area contributed by atoms with Crippen molar-refractivity contribution in [3.63, 3.8) is 0 Å². The van der Waals surface area contributed by atoms with Crippen LogP contribution < -0.4 is 0 Å². The van der Waals surface area contributed by atoms with Crippen LogP contribution in [0.5, 0.6) is 0 Å². The Labute approximate surface area is 116 Å². The largest absolute Gasteiger partial charge is 0.481 e. The van der Waals surface area contributed by atoms with E-state index in [1.807, 2.05) is 0 Å². The summed E-state index contributed by atoms with van der Waals surface area (Å²) in [5.74, 6) is -1.06. The van der Waals surface area contributed by atoms with E-state index < -0.39 is 5.97 Å². The summed E-state index contributed by atoms with van der Waals surface area (Å²) in [6.07, 6.45) is 0.192. The van der Waals surface area contributed by atoms with Crippen molar-refractivity contribution >= 4 is 5.97 Å². The molecule has 0 spiro atoms. The van der Waals surface area contributed by atoms with Crippen molar-refractivity contribution in [1.82, 2.24) is 9.80 Å². The fourth-order valence-corrected chi connectivity index (χ4v) is 2.41. The van der Waals surface area contributed by atoms with Crippen molar-refractivity contribution in [1.29, 1.82) is 0 Å². The van der Waals surface area contributed by atoms with Crippen molar-refractivity contribution < 1.29 is 14.6 Å². The highest BCUT2D eigenvalue weighted by Crippen LogP contribution is 2.11. The number of hydrogen-bond donors (Lipinski definition) is 1. The summed E-state index contributed by atoms with van der Waals surface area (Å²) in [6, 6.07) is 0.541. The summed E-state index contributed by atoms with van der Waals surface area (Å²) in [4.78, 5) is 15.5. The summed E-state index contributed by atoms with van der Waals surface area (Å²) in [6.45, 7) is 13.2. The van der Waals surface area contributed by atoms with Crippen molar-refractivity contribution in [3.05, 3.63) is 0 Å². The summed E-state index contributed by atoms with van der Waals surface area (Å²) in [7, 11) is 0. The van der Waals surface area contributed by atoms with Gasteiger partial charge in [0.25, 0.3) is 0 Å². The molecule has 1 rings (SSSR count). The molecule has 5 heteroatoms. The minimum Gasteiger partial charge on any atom is -0.481 e. The van der Waals surface area contributed by atoms with Crippen LogP contribution in [0.2, 0.25) is 0 Å². The molecular formula is C14H28N2O3. The molecule has 112 valence electrons. The molecule has 0 saturated carbocycles. The lowest BCUT2D eigenvalue weighted by atomic mass is 10.1. The van der Waals surface area contributed by atoms with Crippen LogP contribution in [-0.2, 0) is 9.53 Å². The number of morpholine rings is 1. The molecule has 0 aromatic carbocycles. The quantitative estimate of drug-likeness (QED) is 0.753. The zero-order valence-electron chi connectivity index (χ0n) is 12.6. The maximum absolute atomic E-state index is 10.9. The van der Waals surface area contributed by atoms with Gasteiger partial charge < -0.3 is 14.7 Å². The van der Waals surface area contributed by atoms with Crippen LogP contribution in [0.4, 0.5) is 0 Å². The second-order valence-corrected chi connectivity index (χ2v) is 5.67. The van der Waals surface area contributed by atoms with Gasteiger partial charge in [0.2, 0.25) is 0 Å². The molecule has 1 aliphatic rings. The molecule has 1 aliphatic heterocycles. The number of carboxylic acid groups (broad SMARTS) is 1. The Bertz CT molecular complexity index is 284. The third kappa shape index (κ3) is 5.47. The Morgan fingerprint density at radius 1 is 1.47 bits per heavy atom. The second kappa shape index (κ2) is 7.82. The van der Waals surface area contributed by atoms with E-state index in [-0.39, 0.29) is 12.0 Å². The average Bonchev–Trinajstić information content (AvgIpc) is 2.37. The standard InChI is InChI=1S/C14H28N2O3/c1-5-15(8-12(4)14(17)18)9-13-10-16(11(2)3)6-7-19-13/h11-13H,5-10H2,1-4H3,(H,17,18). The van der Waals surface area contributed by atoms with E-state index in [1.165, 1.54) is 0 Å². The van der Waals surface area contributed by atoms with E-state index in [0.717, 1.165) is 32.8 Å². The third-order valence-electron chi connectivity index (χ3n) is 3.76. The van der Waals surface area contributed by atoms with Crippen LogP contribution in [0.1, 0.15) is 27.7 Å². The van der Waals surface area contributed by atoms with Crippen LogP contribution in [0.25, 0.3) is 0 Å². The van der Waals surface area contributed by atoms with Crippen molar-refractivity contribution in [3.8, 4) is 0 Å². The first-order chi connectivity index (χ1) is 8.93. The van der Waals surface area contributed by atoms with Crippen molar-refractivity contribution in [2.75, 3.05) is 39.3 Å². The Balaban J connectivity index is 2.44. The number of carboxylic acids is 1. The van der Waals surface area contributed by atoms with Gasteiger partial charge >= 0.3 is 5.97 Å². The van der Waals surface area contributed by atoms with Crippen LogP contribution >= 0.6 is 0 Å². The summed E-state index contributed by atoms with van der Waals surface area (Å²) >= 11 is 0. The fraction of sp³-hybridized carbons (Fsp3) is 0.929. The lowest BCUT2D eigenvalue weighted by Gasteiger charge is -2.37. The first kappa shape index (κ1) is 16.4. The van der Waals surface area contributed by atoms with E-state index in [9.17, 15) is 4.79 Å². The van der Waals surface area contributed by atoms with Gasteiger partial charge in [0.15, 0.2) is 0 Å². The predicted octanol–water partition coefficient (Wildman–Crippen LogP) is 1.14. The SMILES string of the molecule is CCN(CC1CN(C(C)C)CCO1)CC(C)C(=O)O. The Morgan fingerprint density at radius 2 is 2.16 bits per heavy atom. The molecule has 2 unspecified atom stereocenters. The van der Waals surface area contributed by atoms with Crippen LogP contribution in [0.3, 0.4) is 0 Å². The number of ether oxygens (including phenoxy) is 1. The number of likely N-dealkylation sites (N-methyl/N-ethyl adjacent to an activating group) is 1. The molecule has 1 saturated heterocycles. The minimum atomic E-state index is -0.730. The molecule has 1 heterocycles. The van der Waals surface area contributed by atoms with Gasteiger partial charge in [-0.25, -0.2) is 0 Å². The zero-order valence-corrected chi connectivity index (χ0v) is 12.6. The first-order valence-corrected chi connectivity index (χ1v) is 7.24. The zero-order chi connectivity index (χ0) is 14.4. The summed E-state index contributed by atoms with van der Waals surface area (Å²) < 4.78 is 5.80. The molecule has 0 radical (unpaired) electrons. The summed E-state index contributed by atoms with van der Waals surface area (Å²) in [5.41, 5.74) is 0. The van der Waals surface area contributed by atoms with Gasteiger partial charge in [0, 0.05) is 32.2 Å². The highest BCUT2D eigenvalue weighted by molar-refractivity contribution is 5.69. The normalized spacial score (nSPS) is 22.9. The van der Waals surface area contributed by atoms with E-state index >= 15 is 0 Å². The van der Waals surface area contributed by atoms with Crippen molar-refractivity contribution in [2.45, 2.75) is 39.8 Å². The first-order valence-electron chi connectivity index (χ1n) is 7.24. The topological polar surface area (TPSA) is 53.0 Å². The molecule has 0 aliphatic carbocycles. The van der Waals surface area contributed by atoms with Gasteiger partial charge in [-0.1, -0.05) is 13.8 Å². The number of aliphatic carboxylic acids is 1. The number of carbonyl (C=O) groups is 1. The molecule has 0 aromatic rings. The van der Waals surface area contributed by atoms with E-state index in [4.69, 9.17) is 9.84 Å². The van der Waals surface area contributed by atoms with Gasteiger partial charge in [0.05, 0.1) is 18.6 Å². The summed E-state index contributed by atoms with van der Waals surface area (Å²) in [5, 5.41) is 8.98. The third-order valence-corrected chi connectivity index (χ3v) is 3.76. The molecule has 1 N–H and O–H groups in total. The molecule has 2 atom stereocenters. The molecule has 0 aromatic heterocycles. The number of rotatable bonds is 7. The van der Waals surface area contributed by atoms with Crippen LogP contribution in [0, 0.1) is 5.92 Å². The molecule has 0 amide bonds. The van der Waals surface area contributed by atoms with Gasteiger partial charge in [-0.2, -0.15) is 0 Å². The van der Waals surface area contributed by atoms with Gasteiger partial charge in [-0.05, 0) is 20.4 Å². The minimum absolute atomic E-state index is 0.192. The molecule has 0 bridgehead atoms. The van der Waals surface area contributed by atoms with E-state index in [2.05, 4.69) is 30.6 Å². The van der Waals surface area contributed by atoms with Crippen LogP contribution in [0.15, 0.2) is 0 Å². The average molecular weight is 272 g/mol. The smallest absolute Gasteiger partial charge is 0.307 e. The molecule has 1 fully saturated rings. The van der Waals surface area contributed by atoms with E-state index in [1.54, 1.807) is 6.92 Å². The highest BCUT2D eigenvalue weighted by Gasteiger charge is 2.25. The molecule has 19 heavy (non-hydrogen) atoms. The van der Waals surface area contributed by atoms with Gasteiger partial charge in [0.1, 0.15) is 0 Å². The lowest BCUT2D eigenvalue weighted by Crippen LogP contribution is -2.50. The second-order valence-electron chi connectivity index (χ2n) is 5.67. The lowest BCUT2D eigenvalue weighted by molar-refractivity contribution is -0.142. The Hall–Kier alpha value is -0.650. The van der Waals surface area contributed by atoms with Gasteiger partial charge in [-0.3, -0.25) is 9.69 Å². The molecular weight excluding hydrogens is 244 g/mol. The number of nitrogens with zero attached hydrogens (tertiary/aromatic N) is 2. The van der Waals surface area contributed by atoms with Crippen LogP contribution in [-0.4, -0.2) is 72.4 Å². The predicted molar refractivity (Wildman–Crippen MR) is 75.4 cm³/mol. The Morgan fingerprint density at radius 3 is 2.68 bits per heavy atom. The number of hydrogen-bond acceptors (Lipinski definition) is 4. The maximum Gasteiger partial charge on any atom is 0.307 e.